The van der Waals surface area contributed by atoms with Crippen molar-refractivity contribution in [2.45, 2.75) is 6.92 Å². The number of ether oxygens (including phenoxy) is 1. The summed E-state index contributed by atoms with van der Waals surface area (Å²) in [6, 6.07) is 18.1. The lowest BCUT2D eigenvalue weighted by Crippen LogP contribution is -2.11. The molecular formula is C19H18N4O2. The number of rotatable bonds is 5. The maximum Gasteiger partial charge on any atom is 0.255 e. The van der Waals surface area contributed by atoms with E-state index in [2.05, 4.69) is 20.8 Å². The maximum absolute atomic E-state index is 12.2. The normalized spacial score (nSPS) is 10.2. The van der Waals surface area contributed by atoms with Gasteiger partial charge in [0.1, 0.15) is 5.75 Å². The molecule has 2 N–H and O–H groups in total. The Kier molecular flexibility index (Phi) is 4.89. The van der Waals surface area contributed by atoms with Gasteiger partial charge in [-0.15, -0.1) is 5.10 Å². The highest BCUT2D eigenvalue weighted by atomic mass is 16.5. The maximum atomic E-state index is 12.2. The van der Waals surface area contributed by atoms with Crippen LogP contribution in [-0.2, 0) is 0 Å². The van der Waals surface area contributed by atoms with E-state index in [1.54, 1.807) is 31.4 Å². The molecule has 126 valence electrons. The number of carbonyl (C=O) groups excluding carboxylic acids is 1. The standard InChI is InChI=1S/C19H18N4O2/c1-13-3-12-18(23-22-13)20-15-6-8-16(9-7-15)21-19(24)14-4-10-17(25-2)11-5-14/h3-12H,1-2H3,(H,20,23)(H,21,24). The Balaban J connectivity index is 1.63. The van der Waals surface area contributed by atoms with Gasteiger partial charge >= 0.3 is 0 Å². The zero-order valence-electron chi connectivity index (χ0n) is 14.0. The summed E-state index contributed by atoms with van der Waals surface area (Å²) in [6.45, 7) is 1.89. The first-order valence-corrected chi connectivity index (χ1v) is 7.77. The number of carbonyl (C=O) groups is 1. The van der Waals surface area contributed by atoms with E-state index in [1.807, 2.05) is 43.3 Å². The van der Waals surface area contributed by atoms with Gasteiger partial charge in [-0.2, -0.15) is 5.10 Å². The van der Waals surface area contributed by atoms with Crippen LogP contribution >= 0.6 is 0 Å². The molecule has 0 saturated carbocycles. The van der Waals surface area contributed by atoms with E-state index in [0.717, 1.165) is 11.4 Å². The van der Waals surface area contributed by atoms with E-state index in [4.69, 9.17) is 4.74 Å². The molecule has 1 aromatic heterocycles. The van der Waals surface area contributed by atoms with Crippen LogP contribution in [0.25, 0.3) is 0 Å². The van der Waals surface area contributed by atoms with Crippen molar-refractivity contribution in [1.82, 2.24) is 10.2 Å². The molecule has 2 aromatic carbocycles. The molecule has 0 saturated heterocycles. The van der Waals surface area contributed by atoms with Crippen LogP contribution < -0.4 is 15.4 Å². The Morgan fingerprint density at radius 3 is 2.16 bits per heavy atom. The van der Waals surface area contributed by atoms with Crippen LogP contribution in [0.3, 0.4) is 0 Å². The van der Waals surface area contributed by atoms with Crippen molar-refractivity contribution in [1.29, 1.82) is 0 Å². The summed E-state index contributed by atoms with van der Waals surface area (Å²) >= 11 is 0. The van der Waals surface area contributed by atoms with Gasteiger partial charge in [0.25, 0.3) is 5.91 Å². The van der Waals surface area contributed by atoms with E-state index in [9.17, 15) is 4.79 Å². The van der Waals surface area contributed by atoms with Crippen LogP contribution in [0.5, 0.6) is 5.75 Å². The second kappa shape index (κ2) is 7.44. The third-order valence-corrected chi connectivity index (χ3v) is 3.57. The fraction of sp³-hybridized carbons (Fsp3) is 0.105. The second-order valence-electron chi connectivity index (χ2n) is 5.44. The molecule has 0 aliphatic heterocycles. The topological polar surface area (TPSA) is 76.1 Å². The largest absolute Gasteiger partial charge is 0.497 e. The van der Waals surface area contributed by atoms with Crippen molar-refractivity contribution < 1.29 is 9.53 Å². The highest BCUT2D eigenvalue weighted by Crippen LogP contribution is 2.18. The molecule has 3 aromatic rings. The number of benzene rings is 2. The molecule has 0 fully saturated rings. The van der Waals surface area contributed by atoms with Crippen LogP contribution in [0.15, 0.2) is 60.7 Å². The lowest BCUT2D eigenvalue weighted by molar-refractivity contribution is 0.102. The van der Waals surface area contributed by atoms with Crippen molar-refractivity contribution in [3.63, 3.8) is 0 Å². The van der Waals surface area contributed by atoms with Gasteiger partial charge in [-0.1, -0.05) is 0 Å². The van der Waals surface area contributed by atoms with Gasteiger partial charge in [-0.05, 0) is 67.6 Å². The Labute approximate surface area is 145 Å². The predicted molar refractivity (Wildman–Crippen MR) is 97.4 cm³/mol. The minimum absolute atomic E-state index is 0.173. The highest BCUT2D eigenvalue weighted by Gasteiger charge is 2.06. The van der Waals surface area contributed by atoms with Crippen LogP contribution in [-0.4, -0.2) is 23.2 Å². The summed E-state index contributed by atoms with van der Waals surface area (Å²) in [5, 5.41) is 14.1. The van der Waals surface area contributed by atoms with Gasteiger partial charge in [-0.3, -0.25) is 4.79 Å². The number of anilines is 3. The molecule has 0 aliphatic carbocycles. The molecular weight excluding hydrogens is 316 g/mol. The highest BCUT2D eigenvalue weighted by molar-refractivity contribution is 6.04. The minimum Gasteiger partial charge on any atom is -0.497 e. The molecule has 3 rings (SSSR count). The summed E-state index contributed by atoms with van der Waals surface area (Å²) in [6.07, 6.45) is 0. The molecule has 0 radical (unpaired) electrons. The minimum atomic E-state index is -0.173. The van der Waals surface area contributed by atoms with E-state index in [1.165, 1.54) is 0 Å². The average molecular weight is 334 g/mol. The second-order valence-corrected chi connectivity index (χ2v) is 5.44. The Hall–Kier alpha value is -3.41. The van der Waals surface area contributed by atoms with Crippen molar-refractivity contribution in [2.75, 3.05) is 17.7 Å². The number of amides is 1. The van der Waals surface area contributed by atoms with Crippen LogP contribution in [0.4, 0.5) is 17.2 Å². The first-order chi connectivity index (χ1) is 12.1. The van der Waals surface area contributed by atoms with Gasteiger partial charge in [0.05, 0.1) is 12.8 Å². The number of nitrogens with one attached hydrogen (secondary N) is 2. The van der Waals surface area contributed by atoms with Gasteiger partial charge in [0.2, 0.25) is 0 Å². The van der Waals surface area contributed by atoms with E-state index >= 15 is 0 Å². The molecule has 25 heavy (non-hydrogen) atoms. The molecule has 0 bridgehead atoms. The van der Waals surface area contributed by atoms with Crippen LogP contribution in [0, 0.1) is 6.92 Å². The third kappa shape index (κ3) is 4.32. The van der Waals surface area contributed by atoms with Crippen LogP contribution in [0.2, 0.25) is 0 Å². The predicted octanol–water partition coefficient (Wildman–Crippen LogP) is 3.79. The van der Waals surface area contributed by atoms with Gasteiger partial charge < -0.3 is 15.4 Å². The number of aromatic nitrogens is 2. The number of nitrogens with zero attached hydrogens (tertiary/aromatic N) is 2. The van der Waals surface area contributed by atoms with Crippen molar-refractivity contribution in [3.8, 4) is 5.75 Å². The van der Waals surface area contributed by atoms with Crippen LogP contribution in [0.1, 0.15) is 16.1 Å². The molecule has 0 aliphatic rings. The fourth-order valence-corrected chi connectivity index (χ4v) is 2.20. The number of methoxy groups -OCH3 is 1. The molecule has 1 amide bonds. The lowest BCUT2D eigenvalue weighted by atomic mass is 10.2. The molecule has 0 atom stereocenters. The quantitative estimate of drug-likeness (QED) is 0.742. The van der Waals surface area contributed by atoms with E-state index in [-0.39, 0.29) is 5.91 Å². The Morgan fingerprint density at radius 1 is 0.880 bits per heavy atom. The molecule has 0 unspecified atom stereocenters. The van der Waals surface area contributed by atoms with Crippen molar-refractivity contribution >= 4 is 23.1 Å². The third-order valence-electron chi connectivity index (χ3n) is 3.57. The number of aryl methyl sites for hydroxylation is 1. The van der Waals surface area contributed by atoms with Crippen molar-refractivity contribution in [3.05, 3.63) is 71.9 Å². The van der Waals surface area contributed by atoms with Gasteiger partial charge in [0.15, 0.2) is 5.82 Å². The molecule has 1 heterocycles. The van der Waals surface area contributed by atoms with E-state index in [0.29, 0.717) is 22.8 Å². The Bertz CT molecular complexity index is 844. The van der Waals surface area contributed by atoms with E-state index < -0.39 is 0 Å². The molecule has 0 spiro atoms. The van der Waals surface area contributed by atoms with Gasteiger partial charge in [0, 0.05) is 16.9 Å². The summed E-state index contributed by atoms with van der Waals surface area (Å²) in [5.74, 6) is 1.21. The summed E-state index contributed by atoms with van der Waals surface area (Å²) in [7, 11) is 1.59. The molecule has 6 nitrogen and oxygen atoms in total. The number of hydrogen-bond acceptors (Lipinski definition) is 5. The first kappa shape index (κ1) is 16.4. The van der Waals surface area contributed by atoms with Gasteiger partial charge in [-0.25, -0.2) is 0 Å². The summed E-state index contributed by atoms with van der Waals surface area (Å²) in [4.78, 5) is 12.2. The van der Waals surface area contributed by atoms with Crippen molar-refractivity contribution in [2.24, 2.45) is 0 Å². The smallest absolute Gasteiger partial charge is 0.255 e. The zero-order chi connectivity index (χ0) is 17.6. The fourth-order valence-electron chi connectivity index (χ4n) is 2.20. The average Bonchev–Trinajstić information content (AvgIpc) is 2.65. The first-order valence-electron chi connectivity index (χ1n) is 7.77. The number of hydrogen-bond donors (Lipinski definition) is 2. The Morgan fingerprint density at radius 2 is 1.56 bits per heavy atom. The monoisotopic (exact) mass is 334 g/mol. The summed E-state index contributed by atoms with van der Waals surface area (Å²) in [5.41, 5.74) is 3.00. The lowest BCUT2D eigenvalue weighted by Gasteiger charge is -2.08. The summed E-state index contributed by atoms with van der Waals surface area (Å²) < 4.78 is 5.09. The molecule has 6 heteroatoms. The SMILES string of the molecule is COc1ccc(C(=O)Nc2ccc(Nc3ccc(C)nn3)cc2)cc1. The zero-order valence-corrected chi connectivity index (χ0v) is 14.0.